The van der Waals surface area contributed by atoms with Crippen molar-refractivity contribution in [3.05, 3.63) is 24.1 Å². The fraction of sp³-hybridized carbons (Fsp3) is 0.438. The second-order valence-corrected chi connectivity index (χ2v) is 5.82. The van der Waals surface area contributed by atoms with Crippen LogP contribution in [0.15, 0.2) is 22.7 Å². The van der Waals surface area contributed by atoms with Gasteiger partial charge in [0.2, 0.25) is 17.6 Å². The first kappa shape index (κ1) is 18.0. The zero-order valence-electron chi connectivity index (χ0n) is 14.0. The largest absolute Gasteiger partial charge is 0.493 e. The number of methoxy groups -OCH3 is 2. The molecule has 1 aromatic heterocycles. The van der Waals surface area contributed by atoms with E-state index >= 15 is 0 Å². The SMILES string of the molecule is COc1ccc(-c2noc([C@@H]3CC(=O)N(CC(F)(F)F)C3)n2)cc1OC. The van der Waals surface area contributed by atoms with Gasteiger partial charge in [-0.25, -0.2) is 0 Å². The summed E-state index contributed by atoms with van der Waals surface area (Å²) in [7, 11) is 3.00. The number of halogens is 3. The van der Waals surface area contributed by atoms with E-state index in [1.165, 1.54) is 14.2 Å². The van der Waals surface area contributed by atoms with Crippen LogP contribution in [0.4, 0.5) is 13.2 Å². The third-order valence-electron chi connectivity index (χ3n) is 4.02. The van der Waals surface area contributed by atoms with E-state index < -0.39 is 24.5 Å². The zero-order chi connectivity index (χ0) is 18.9. The van der Waals surface area contributed by atoms with E-state index in [0.717, 1.165) is 4.90 Å². The van der Waals surface area contributed by atoms with E-state index in [1.54, 1.807) is 18.2 Å². The molecule has 10 heteroatoms. The molecule has 1 aliphatic rings. The third kappa shape index (κ3) is 3.73. The van der Waals surface area contributed by atoms with Gasteiger partial charge in [0.1, 0.15) is 6.54 Å². The number of likely N-dealkylation sites (tertiary alicyclic amines) is 1. The molecule has 1 aromatic carbocycles. The van der Waals surface area contributed by atoms with Gasteiger partial charge in [-0.05, 0) is 18.2 Å². The number of aromatic nitrogens is 2. The van der Waals surface area contributed by atoms with E-state index in [0.29, 0.717) is 17.1 Å². The predicted molar refractivity (Wildman–Crippen MR) is 82.8 cm³/mol. The number of nitrogens with zero attached hydrogens (tertiary/aromatic N) is 3. The number of carbonyl (C=O) groups is 1. The lowest BCUT2D eigenvalue weighted by molar-refractivity contribution is -0.157. The molecule has 0 saturated carbocycles. The summed E-state index contributed by atoms with van der Waals surface area (Å²) in [4.78, 5) is 16.8. The summed E-state index contributed by atoms with van der Waals surface area (Å²) < 4.78 is 53.0. The number of ether oxygens (including phenoxy) is 2. The molecule has 140 valence electrons. The minimum absolute atomic E-state index is 0.0936. The molecule has 0 unspecified atom stereocenters. The molecule has 1 atom stereocenters. The Hall–Kier alpha value is -2.78. The molecule has 0 aliphatic carbocycles. The Morgan fingerprint density at radius 3 is 2.65 bits per heavy atom. The second-order valence-electron chi connectivity index (χ2n) is 5.82. The molecule has 7 nitrogen and oxygen atoms in total. The summed E-state index contributed by atoms with van der Waals surface area (Å²) in [6, 6.07) is 5.03. The molecule has 2 aromatic rings. The van der Waals surface area contributed by atoms with E-state index in [1.807, 2.05) is 0 Å². The van der Waals surface area contributed by atoms with Crippen molar-refractivity contribution >= 4 is 5.91 Å². The zero-order valence-corrected chi connectivity index (χ0v) is 14.0. The van der Waals surface area contributed by atoms with Gasteiger partial charge >= 0.3 is 6.18 Å². The normalized spacial score (nSPS) is 17.7. The van der Waals surface area contributed by atoms with E-state index in [9.17, 15) is 18.0 Å². The van der Waals surface area contributed by atoms with E-state index in [-0.39, 0.29) is 24.7 Å². The monoisotopic (exact) mass is 371 g/mol. The fourth-order valence-corrected chi connectivity index (χ4v) is 2.80. The molecular formula is C16H16F3N3O4. The van der Waals surface area contributed by atoms with Crippen molar-refractivity contribution < 1.29 is 32.0 Å². The van der Waals surface area contributed by atoms with Gasteiger partial charge in [-0.3, -0.25) is 4.79 Å². The van der Waals surface area contributed by atoms with Crippen LogP contribution in [0.3, 0.4) is 0 Å². The van der Waals surface area contributed by atoms with Crippen molar-refractivity contribution in [1.82, 2.24) is 15.0 Å². The Morgan fingerprint density at radius 1 is 1.27 bits per heavy atom. The van der Waals surface area contributed by atoms with Crippen molar-refractivity contribution in [1.29, 1.82) is 0 Å². The smallest absolute Gasteiger partial charge is 0.406 e. The molecule has 3 rings (SSSR count). The Bertz CT molecular complexity index is 806. The molecule has 0 N–H and O–H groups in total. The summed E-state index contributed by atoms with van der Waals surface area (Å²) in [6.07, 6.45) is -4.53. The van der Waals surface area contributed by atoms with Crippen molar-refractivity contribution in [2.45, 2.75) is 18.5 Å². The Labute approximate surface area is 146 Å². The van der Waals surface area contributed by atoms with Crippen LogP contribution in [0.1, 0.15) is 18.2 Å². The number of hydrogen-bond acceptors (Lipinski definition) is 6. The molecule has 26 heavy (non-hydrogen) atoms. The molecular weight excluding hydrogens is 355 g/mol. The minimum atomic E-state index is -4.44. The third-order valence-corrected chi connectivity index (χ3v) is 4.02. The molecule has 1 fully saturated rings. The highest BCUT2D eigenvalue weighted by Crippen LogP contribution is 2.33. The van der Waals surface area contributed by atoms with Crippen LogP contribution in [0.5, 0.6) is 11.5 Å². The molecule has 2 heterocycles. The van der Waals surface area contributed by atoms with Gasteiger partial charge in [-0.2, -0.15) is 18.2 Å². The Morgan fingerprint density at radius 2 is 2.00 bits per heavy atom. The first-order valence-corrected chi connectivity index (χ1v) is 7.71. The lowest BCUT2D eigenvalue weighted by Gasteiger charge is -2.17. The van der Waals surface area contributed by atoms with Gasteiger partial charge in [-0.1, -0.05) is 5.16 Å². The highest BCUT2D eigenvalue weighted by Gasteiger charge is 2.40. The molecule has 0 spiro atoms. The summed E-state index contributed by atoms with van der Waals surface area (Å²) in [5, 5.41) is 3.85. The quantitative estimate of drug-likeness (QED) is 0.804. The molecule has 0 bridgehead atoms. The summed E-state index contributed by atoms with van der Waals surface area (Å²) in [5.74, 6) is 0.243. The van der Waals surface area contributed by atoms with Crippen LogP contribution in [0, 0.1) is 0 Å². The van der Waals surface area contributed by atoms with Crippen LogP contribution >= 0.6 is 0 Å². The van der Waals surface area contributed by atoms with E-state index in [2.05, 4.69) is 10.1 Å². The maximum absolute atomic E-state index is 12.5. The predicted octanol–water partition coefficient (Wildman–Crippen LogP) is 2.63. The number of benzene rings is 1. The Kier molecular flexibility index (Phi) is 4.75. The maximum Gasteiger partial charge on any atom is 0.406 e. The average molecular weight is 371 g/mol. The first-order valence-electron chi connectivity index (χ1n) is 7.71. The van der Waals surface area contributed by atoms with Crippen molar-refractivity contribution in [2.75, 3.05) is 27.3 Å². The molecule has 1 saturated heterocycles. The summed E-state index contributed by atoms with van der Waals surface area (Å²) in [5.41, 5.74) is 0.592. The summed E-state index contributed by atoms with van der Waals surface area (Å²) in [6.45, 7) is -1.38. The van der Waals surface area contributed by atoms with Crippen LogP contribution in [-0.2, 0) is 4.79 Å². The van der Waals surface area contributed by atoms with Crippen molar-refractivity contribution in [2.24, 2.45) is 0 Å². The molecule has 1 amide bonds. The summed E-state index contributed by atoms with van der Waals surface area (Å²) >= 11 is 0. The minimum Gasteiger partial charge on any atom is -0.493 e. The Balaban J connectivity index is 1.77. The fourth-order valence-electron chi connectivity index (χ4n) is 2.80. The van der Waals surface area contributed by atoms with E-state index in [4.69, 9.17) is 14.0 Å². The number of alkyl halides is 3. The van der Waals surface area contributed by atoms with Gasteiger partial charge in [-0.15, -0.1) is 0 Å². The highest BCUT2D eigenvalue weighted by molar-refractivity contribution is 5.79. The number of carbonyl (C=O) groups excluding carboxylic acids is 1. The van der Waals surface area contributed by atoms with Crippen LogP contribution < -0.4 is 9.47 Å². The maximum atomic E-state index is 12.5. The lowest BCUT2D eigenvalue weighted by atomic mass is 10.1. The van der Waals surface area contributed by atoms with Crippen molar-refractivity contribution in [3.63, 3.8) is 0 Å². The number of amides is 1. The van der Waals surface area contributed by atoms with Crippen molar-refractivity contribution in [3.8, 4) is 22.9 Å². The second kappa shape index (κ2) is 6.85. The number of rotatable bonds is 5. The first-order chi connectivity index (χ1) is 12.3. The van der Waals surface area contributed by atoms with Gasteiger partial charge < -0.3 is 18.9 Å². The number of hydrogen-bond donors (Lipinski definition) is 0. The van der Waals surface area contributed by atoms with Crippen LogP contribution in [0.25, 0.3) is 11.4 Å². The van der Waals surface area contributed by atoms with Crippen LogP contribution in [-0.4, -0.2) is 54.4 Å². The van der Waals surface area contributed by atoms with Gasteiger partial charge in [0, 0.05) is 18.5 Å². The average Bonchev–Trinajstić information content (AvgIpc) is 3.20. The van der Waals surface area contributed by atoms with Gasteiger partial charge in [0.15, 0.2) is 11.5 Å². The van der Waals surface area contributed by atoms with Crippen LogP contribution in [0.2, 0.25) is 0 Å². The molecule has 0 radical (unpaired) electrons. The van der Waals surface area contributed by atoms with Gasteiger partial charge in [0.05, 0.1) is 20.1 Å². The van der Waals surface area contributed by atoms with Gasteiger partial charge in [0.25, 0.3) is 0 Å². The topological polar surface area (TPSA) is 77.7 Å². The standard InChI is InChI=1S/C16H16F3N3O4/c1-24-11-4-3-9(5-12(11)25-2)14-20-15(26-21-14)10-6-13(23)22(7-10)8-16(17,18)19/h3-5,10H,6-8H2,1-2H3/t10-/m1/s1. The molecule has 1 aliphatic heterocycles. The lowest BCUT2D eigenvalue weighted by Crippen LogP contribution is -2.35. The highest BCUT2D eigenvalue weighted by atomic mass is 19.4.